The van der Waals surface area contributed by atoms with Gasteiger partial charge in [-0.1, -0.05) is 30.3 Å². The second-order valence-electron chi connectivity index (χ2n) is 8.36. The summed E-state index contributed by atoms with van der Waals surface area (Å²) < 4.78 is 53.0. The normalized spacial score (nSPS) is 12.2. The van der Waals surface area contributed by atoms with Crippen molar-refractivity contribution in [2.75, 3.05) is 14.2 Å². The molecule has 0 amide bonds. The molecule has 0 saturated heterocycles. The Labute approximate surface area is 233 Å². The first-order valence-electron chi connectivity index (χ1n) is 11.8. The van der Waals surface area contributed by atoms with Crippen molar-refractivity contribution in [3.05, 3.63) is 84.2 Å². The minimum absolute atomic E-state index is 0.104. The first kappa shape index (κ1) is 28.4. The van der Waals surface area contributed by atoms with Gasteiger partial charge in [-0.3, -0.25) is 5.43 Å². The van der Waals surface area contributed by atoms with Crippen molar-refractivity contribution in [2.24, 2.45) is 5.10 Å². The minimum Gasteiger partial charge on any atom is -0.493 e. The van der Waals surface area contributed by atoms with Crippen LogP contribution in [0.5, 0.6) is 17.2 Å². The zero-order valence-corrected chi connectivity index (χ0v) is 22.5. The fourth-order valence-electron chi connectivity index (χ4n) is 3.64. The zero-order valence-electron chi connectivity index (χ0n) is 21.6. The Kier molecular flexibility index (Phi) is 8.84. The number of ether oxygens (including phenoxy) is 3. The number of methoxy groups -OCH3 is 2. The maximum atomic E-state index is 12.4. The number of nitrogens with zero attached hydrogens (tertiary/aromatic N) is 4. The number of alkyl halides is 3. The molecule has 0 aliphatic rings. The summed E-state index contributed by atoms with van der Waals surface area (Å²) in [5.74, 6) is 1.41. The smallest absolute Gasteiger partial charge is 0.493 e. The summed E-state index contributed by atoms with van der Waals surface area (Å²) in [6.45, 7) is 1.96. The molecule has 9 nitrogen and oxygen atoms in total. The summed E-state index contributed by atoms with van der Waals surface area (Å²) in [7, 11) is 3.17. The summed E-state index contributed by atoms with van der Waals surface area (Å²) in [5.41, 5.74) is 5.86. The predicted molar refractivity (Wildman–Crippen MR) is 148 cm³/mol. The summed E-state index contributed by atoms with van der Waals surface area (Å²) in [6, 6.07) is 18.2. The van der Waals surface area contributed by atoms with E-state index in [1.165, 1.54) is 35.3 Å². The fraction of sp³-hybridized carbons (Fsp3) is 0.185. The van der Waals surface area contributed by atoms with Gasteiger partial charge in [0, 0.05) is 5.56 Å². The highest BCUT2D eigenvalue weighted by atomic mass is 32.1. The Morgan fingerprint density at radius 2 is 1.70 bits per heavy atom. The Morgan fingerprint density at radius 1 is 1.00 bits per heavy atom. The molecule has 4 aromatic rings. The molecule has 2 N–H and O–H groups in total. The highest BCUT2D eigenvalue weighted by Gasteiger charge is 2.31. The first-order valence-corrected chi connectivity index (χ1v) is 12.3. The standard InChI is InChI=1S/C27H25F3N6O3S/c1-17(20-8-13-23(37-2)24(14-20)38-3)33-26(40)34-32-15-18-4-6-19(7-5-18)25-31-16-36(35-25)21-9-11-22(12-10-21)39-27(28,29)30/h4-17H,1-3H3,(H2,33,34,40)/b32-15+. The van der Waals surface area contributed by atoms with Crippen molar-refractivity contribution in [3.8, 4) is 34.3 Å². The number of halogens is 3. The zero-order chi connectivity index (χ0) is 28.7. The van der Waals surface area contributed by atoms with E-state index in [4.69, 9.17) is 21.7 Å². The minimum atomic E-state index is -4.75. The Morgan fingerprint density at radius 3 is 2.35 bits per heavy atom. The van der Waals surface area contributed by atoms with Gasteiger partial charge in [-0.2, -0.15) is 5.10 Å². The van der Waals surface area contributed by atoms with Crippen LogP contribution in [0.25, 0.3) is 17.1 Å². The van der Waals surface area contributed by atoms with Crippen LogP contribution >= 0.6 is 12.2 Å². The highest BCUT2D eigenvalue weighted by Crippen LogP contribution is 2.30. The average molecular weight is 571 g/mol. The van der Waals surface area contributed by atoms with Crippen LogP contribution in [0.2, 0.25) is 0 Å². The number of hydrogen-bond donors (Lipinski definition) is 2. The molecule has 3 aromatic carbocycles. The molecule has 1 unspecified atom stereocenters. The number of hydrogen-bond acceptors (Lipinski definition) is 7. The largest absolute Gasteiger partial charge is 0.573 e. The molecule has 0 spiro atoms. The van der Waals surface area contributed by atoms with E-state index in [-0.39, 0.29) is 11.8 Å². The van der Waals surface area contributed by atoms with Crippen LogP contribution in [0.1, 0.15) is 24.1 Å². The van der Waals surface area contributed by atoms with Crippen LogP contribution in [-0.2, 0) is 0 Å². The van der Waals surface area contributed by atoms with E-state index in [1.54, 1.807) is 20.4 Å². The first-order chi connectivity index (χ1) is 19.1. The topological polar surface area (TPSA) is 94.8 Å². The Bertz CT molecular complexity index is 1470. The third kappa shape index (κ3) is 7.47. The maximum Gasteiger partial charge on any atom is 0.573 e. The number of hydrazone groups is 1. The van der Waals surface area contributed by atoms with Crippen LogP contribution in [0.4, 0.5) is 13.2 Å². The van der Waals surface area contributed by atoms with E-state index in [0.717, 1.165) is 16.7 Å². The molecule has 4 rings (SSSR count). The molecule has 0 aliphatic carbocycles. The third-order valence-electron chi connectivity index (χ3n) is 5.63. The van der Waals surface area contributed by atoms with E-state index >= 15 is 0 Å². The van der Waals surface area contributed by atoms with Gasteiger partial charge in [0.15, 0.2) is 22.4 Å². The van der Waals surface area contributed by atoms with Gasteiger partial charge < -0.3 is 19.5 Å². The molecule has 0 radical (unpaired) electrons. The van der Waals surface area contributed by atoms with E-state index in [0.29, 0.717) is 28.1 Å². The SMILES string of the molecule is COc1ccc(C(C)NC(=S)N/N=C/c2ccc(-c3ncn(-c4ccc(OC(F)(F)F)cc4)n3)cc2)cc1OC. The van der Waals surface area contributed by atoms with Gasteiger partial charge in [-0.05, 0) is 66.7 Å². The van der Waals surface area contributed by atoms with Crippen molar-refractivity contribution < 1.29 is 27.4 Å². The van der Waals surface area contributed by atoms with E-state index in [9.17, 15) is 13.2 Å². The number of aromatic nitrogens is 3. The summed E-state index contributed by atoms with van der Waals surface area (Å²) in [6.07, 6.45) is -1.65. The number of benzene rings is 3. The highest BCUT2D eigenvalue weighted by molar-refractivity contribution is 7.80. The van der Waals surface area contributed by atoms with Crippen LogP contribution in [-0.4, -0.2) is 46.7 Å². The van der Waals surface area contributed by atoms with Crippen molar-refractivity contribution in [1.82, 2.24) is 25.5 Å². The Balaban J connectivity index is 1.31. The molecule has 0 bridgehead atoms. The monoisotopic (exact) mass is 570 g/mol. The molecule has 0 aliphatic heterocycles. The van der Waals surface area contributed by atoms with Crippen LogP contribution < -0.4 is 25.0 Å². The lowest BCUT2D eigenvalue weighted by molar-refractivity contribution is -0.274. The van der Waals surface area contributed by atoms with Crippen molar-refractivity contribution in [3.63, 3.8) is 0 Å². The van der Waals surface area contributed by atoms with Gasteiger partial charge in [0.2, 0.25) is 0 Å². The molecule has 40 heavy (non-hydrogen) atoms. The molecule has 208 valence electrons. The van der Waals surface area contributed by atoms with Gasteiger partial charge in [-0.15, -0.1) is 18.3 Å². The van der Waals surface area contributed by atoms with Crippen molar-refractivity contribution in [1.29, 1.82) is 0 Å². The van der Waals surface area contributed by atoms with E-state index in [1.807, 2.05) is 49.4 Å². The predicted octanol–water partition coefficient (Wildman–Crippen LogP) is 5.41. The number of rotatable bonds is 9. The van der Waals surface area contributed by atoms with Crippen molar-refractivity contribution in [2.45, 2.75) is 19.3 Å². The van der Waals surface area contributed by atoms with E-state index in [2.05, 4.69) is 30.7 Å². The Hall–Kier alpha value is -4.65. The van der Waals surface area contributed by atoms with Crippen LogP contribution in [0, 0.1) is 0 Å². The van der Waals surface area contributed by atoms with Crippen molar-refractivity contribution >= 4 is 23.5 Å². The van der Waals surface area contributed by atoms with Gasteiger partial charge in [-0.25, -0.2) is 9.67 Å². The van der Waals surface area contributed by atoms with Crippen LogP contribution in [0.15, 0.2) is 78.2 Å². The molecule has 1 atom stereocenters. The maximum absolute atomic E-state index is 12.4. The lowest BCUT2D eigenvalue weighted by Crippen LogP contribution is -2.34. The van der Waals surface area contributed by atoms with Gasteiger partial charge in [0.1, 0.15) is 12.1 Å². The molecule has 1 aromatic heterocycles. The quantitative estimate of drug-likeness (QED) is 0.157. The summed E-state index contributed by atoms with van der Waals surface area (Å²) in [4.78, 5) is 4.29. The lowest BCUT2D eigenvalue weighted by Gasteiger charge is -2.17. The summed E-state index contributed by atoms with van der Waals surface area (Å²) in [5, 5.41) is 12.1. The fourth-order valence-corrected chi connectivity index (χ4v) is 3.87. The molecular formula is C27H25F3N6O3S. The van der Waals surface area contributed by atoms with Gasteiger partial charge in [0.25, 0.3) is 0 Å². The average Bonchev–Trinajstić information content (AvgIpc) is 3.43. The van der Waals surface area contributed by atoms with Crippen LogP contribution in [0.3, 0.4) is 0 Å². The molecule has 13 heteroatoms. The lowest BCUT2D eigenvalue weighted by atomic mass is 10.1. The molecule has 0 saturated carbocycles. The van der Waals surface area contributed by atoms with Gasteiger partial charge >= 0.3 is 6.36 Å². The number of thiocarbonyl (C=S) groups is 1. The second kappa shape index (κ2) is 12.5. The molecular weight excluding hydrogens is 545 g/mol. The molecule has 1 heterocycles. The third-order valence-corrected chi connectivity index (χ3v) is 5.84. The molecule has 0 fully saturated rings. The van der Waals surface area contributed by atoms with E-state index < -0.39 is 6.36 Å². The van der Waals surface area contributed by atoms with Gasteiger partial charge in [0.05, 0.1) is 32.2 Å². The summed E-state index contributed by atoms with van der Waals surface area (Å²) >= 11 is 5.35. The number of nitrogens with one attached hydrogen (secondary N) is 2. The second-order valence-corrected chi connectivity index (χ2v) is 8.76.